The average molecular weight is 388 g/mol. The van der Waals surface area contributed by atoms with Gasteiger partial charge >= 0.3 is 0 Å². The summed E-state index contributed by atoms with van der Waals surface area (Å²) in [5.74, 6) is 0.165. The van der Waals surface area contributed by atoms with Gasteiger partial charge in [0.25, 0.3) is 17.0 Å². The number of thioether (sulfide) groups is 1. The second kappa shape index (κ2) is 8.63. The molecule has 3 rings (SSSR count). The van der Waals surface area contributed by atoms with Crippen LogP contribution in [-0.4, -0.2) is 34.3 Å². The average Bonchev–Trinajstić information content (AvgIpc) is 3.32. The smallest absolute Gasteiger partial charge is 0.277 e. The van der Waals surface area contributed by atoms with Crippen molar-refractivity contribution >= 4 is 40.6 Å². The second-order valence-corrected chi connectivity index (χ2v) is 7.00. The van der Waals surface area contributed by atoms with Crippen LogP contribution in [0.1, 0.15) is 17.3 Å². The van der Waals surface area contributed by atoms with Gasteiger partial charge in [-0.1, -0.05) is 23.9 Å². The number of rotatable bonds is 7. The lowest BCUT2D eigenvalue weighted by molar-refractivity contribution is -0.113. The number of thiophene rings is 1. The van der Waals surface area contributed by atoms with E-state index in [0.29, 0.717) is 28.9 Å². The van der Waals surface area contributed by atoms with Crippen molar-refractivity contribution in [3.05, 3.63) is 47.3 Å². The highest BCUT2D eigenvalue weighted by atomic mass is 32.2. The third kappa shape index (κ3) is 4.70. The molecule has 2 aromatic heterocycles. The van der Waals surface area contributed by atoms with Gasteiger partial charge in [0, 0.05) is 17.8 Å². The molecule has 0 aliphatic heterocycles. The topological polar surface area (TPSA) is 97.1 Å². The Morgan fingerprint density at radius 1 is 1.23 bits per heavy atom. The first-order chi connectivity index (χ1) is 12.7. The van der Waals surface area contributed by atoms with Crippen LogP contribution in [0.15, 0.2) is 51.4 Å². The van der Waals surface area contributed by atoms with E-state index in [9.17, 15) is 9.59 Å². The zero-order valence-corrected chi connectivity index (χ0v) is 15.5. The lowest BCUT2D eigenvalue weighted by atomic mass is 10.2. The molecular weight excluding hydrogens is 372 g/mol. The van der Waals surface area contributed by atoms with Crippen molar-refractivity contribution in [2.24, 2.45) is 0 Å². The van der Waals surface area contributed by atoms with E-state index in [1.54, 1.807) is 24.3 Å². The molecule has 0 aliphatic carbocycles. The van der Waals surface area contributed by atoms with Gasteiger partial charge in [-0.3, -0.25) is 9.59 Å². The molecule has 2 N–H and O–H groups in total. The fourth-order valence-electron chi connectivity index (χ4n) is 2.09. The lowest BCUT2D eigenvalue weighted by Crippen LogP contribution is -2.23. The highest BCUT2D eigenvalue weighted by Crippen LogP contribution is 2.26. The summed E-state index contributed by atoms with van der Waals surface area (Å²) in [5, 5.41) is 15.6. The van der Waals surface area contributed by atoms with Gasteiger partial charge in [-0.05, 0) is 36.6 Å². The Kier molecular flexibility index (Phi) is 6.03. The van der Waals surface area contributed by atoms with Crippen molar-refractivity contribution in [1.29, 1.82) is 0 Å². The summed E-state index contributed by atoms with van der Waals surface area (Å²) in [6.45, 7) is 2.39. The highest BCUT2D eigenvalue weighted by Gasteiger charge is 2.12. The van der Waals surface area contributed by atoms with Gasteiger partial charge in [-0.2, -0.15) is 0 Å². The van der Waals surface area contributed by atoms with E-state index in [4.69, 9.17) is 4.42 Å². The number of carbonyl (C=O) groups is 2. The maximum Gasteiger partial charge on any atom is 0.277 e. The maximum absolute atomic E-state index is 12.1. The van der Waals surface area contributed by atoms with Crippen LogP contribution in [-0.2, 0) is 4.79 Å². The molecule has 7 nitrogen and oxygen atoms in total. The van der Waals surface area contributed by atoms with Gasteiger partial charge < -0.3 is 15.1 Å². The zero-order chi connectivity index (χ0) is 18.4. The van der Waals surface area contributed by atoms with E-state index < -0.39 is 0 Å². The van der Waals surface area contributed by atoms with Crippen LogP contribution in [0.2, 0.25) is 0 Å². The number of hydrogen-bond acceptors (Lipinski definition) is 7. The van der Waals surface area contributed by atoms with E-state index >= 15 is 0 Å². The summed E-state index contributed by atoms with van der Waals surface area (Å²) in [6, 6.07) is 10.6. The first-order valence-corrected chi connectivity index (χ1v) is 9.70. The molecule has 0 radical (unpaired) electrons. The Morgan fingerprint density at radius 3 is 2.88 bits per heavy atom. The minimum atomic E-state index is -0.223. The number of anilines is 1. The van der Waals surface area contributed by atoms with E-state index in [0.717, 1.165) is 16.6 Å². The minimum Gasteiger partial charge on any atom is -0.410 e. The lowest BCUT2D eigenvalue weighted by Gasteiger charge is -2.07. The summed E-state index contributed by atoms with van der Waals surface area (Å²) < 4.78 is 5.52. The minimum absolute atomic E-state index is 0.122. The van der Waals surface area contributed by atoms with Gasteiger partial charge in [0.2, 0.25) is 5.91 Å². The molecule has 9 heteroatoms. The van der Waals surface area contributed by atoms with E-state index in [1.807, 2.05) is 24.4 Å². The third-order valence-electron chi connectivity index (χ3n) is 3.21. The standard InChI is InChI=1S/C17H16N4O3S2/c1-2-18-15(23)11-5-3-6-12(9-11)19-14(22)10-26-17-21-20-16(24-17)13-7-4-8-25-13/h3-9H,2,10H2,1H3,(H,18,23)(H,19,22). The molecule has 2 heterocycles. The van der Waals surface area contributed by atoms with Crippen molar-refractivity contribution in [2.45, 2.75) is 12.1 Å². The quantitative estimate of drug-likeness (QED) is 0.603. The van der Waals surface area contributed by atoms with Gasteiger partial charge in [-0.15, -0.1) is 21.5 Å². The van der Waals surface area contributed by atoms with Crippen LogP contribution < -0.4 is 10.6 Å². The Labute approximate surface area is 158 Å². The molecule has 0 saturated heterocycles. The monoisotopic (exact) mass is 388 g/mol. The molecule has 3 aromatic rings. The molecule has 134 valence electrons. The van der Waals surface area contributed by atoms with Crippen molar-refractivity contribution in [3.8, 4) is 10.8 Å². The van der Waals surface area contributed by atoms with Gasteiger partial charge in [-0.25, -0.2) is 0 Å². The van der Waals surface area contributed by atoms with E-state index in [-0.39, 0.29) is 17.6 Å². The first kappa shape index (κ1) is 18.2. The molecule has 1 aromatic carbocycles. The number of amides is 2. The fourth-order valence-corrected chi connectivity index (χ4v) is 3.30. The van der Waals surface area contributed by atoms with Crippen molar-refractivity contribution in [1.82, 2.24) is 15.5 Å². The number of hydrogen-bond donors (Lipinski definition) is 2. The first-order valence-electron chi connectivity index (χ1n) is 7.84. The maximum atomic E-state index is 12.1. The molecule has 0 spiro atoms. The van der Waals surface area contributed by atoms with Crippen LogP contribution in [0.25, 0.3) is 10.8 Å². The summed E-state index contributed by atoms with van der Waals surface area (Å²) in [4.78, 5) is 24.8. The van der Waals surface area contributed by atoms with Crippen LogP contribution in [0.5, 0.6) is 0 Å². The summed E-state index contributed by atoms with van der Waals surface area (Å²) >= 11 is 2.66. The second-order valence-electron chi connectivity index (χ2n) is 5.13. The van der Waals surface area contributed by atoms with E-state index in [2.05, 4.69) is 20.8 Å². The van der Waals surface area contributed by atoms with Gasteiger partial charge in [0.15, 0.2) is 0 Å². The molecule has 2 amide bonds. The molecule has 0 bridgehead atoms. The molecule has 0 atom stereocenters. The predicted octanol–water partition coefficient (Wildman–Crippen LogP) is 3.28. The number of benzene rings is 1. The Morgan fingerprint density at radius 2 is 2.12 bits per heavy atom. The SMILES string of the molecule is CCNC(=O)c1cccc(NC(=O)CSc2nnc(-c3cccs3)o2)c1. The Bertz CT molecular complexity index is 893. The molecule has 26 heavy (non-hydrogen) atoms. The molecule has 0 aliphatic rings. The van der Waals surface area contributed by atoms with Crippen LogP contribution in [0.4, 0.5) is 5.69 Å². The number of aromatic nitrogens is 2. The van der Waals surface area contributed by atoms with Crippen molar-refractivity contribution < 1.29 is 14.0 Å². The van der Waals surface area contributed by atoms with Crippen LogP contribution >= 0.6 is 23.1 Å². The number of carbonyl (C=O) groups excluding carboxylic acids is 2. The van der Waals surface area contributed by atoms with Crippen molar-refractivity contribution in [2.75, 3.05) is 17.6 Å². The predicted molar refractivity (Wildman–Crippen MR) is 101 cm³/mol. The highest BCUT2D eigenvalue weighted by molar-refractivity contribution is 7.99. The fraction of sp³-hybridized carbons (Fsp3) is 0.176. The van der Waals surface area contributed by atoms with Crippen molar-refractivity contribution in [3.63, 3.8) is 0 Å². The number of nitrogens with zero attached hydrogens (tertiary/aromatic N) is 2. The number of nitrogens with one attached hydrogen (secondary N) is 2. The van der Waals surface area contributed by atoms with E-state index in [1.165, 1.54) is 11.3 Å². The molecular formula is C17H16N4O3S2. The summed E-state index contributed by atoms with van der Waals surface area (Å²) in [7, 11) is 0. The Hall–Kier alpha value is -2.65. The summed E-state index contributed by atoms with van der Waals surface area (Å²) in [5.41, 5.74) is 1.05. The van der Waals surface area contributed by atoms with Gasteiger partial charge in [0.1, 0.15) is 0 Å². The normalized spacial score (nSPS) is 10.5. The molecule has 0 fully saturated rings. The molecule has 0 saturated carbocycles. The van der Waals surface area contributed by atoms with Gasteiger partial charge in [0.05, 0.1) is 10.6 Å². The summed E-state index contributed by atoms with van der Waals surface area (Å²) in [6.07, 6.45) is 0. The van der Waals surface area contributed by atoms with Crippen LogP contribution in [0, 0.1) is 0 Å². The molecule has 0 unspecified atom stereocenters. The van der Waals surface area contributed by atoms with Crippen LogP contribution in [0.3, 0.4) is 0 Å². The zero-order valence-electron chi connectivity index (χ0n) is 13.9. The Balaban J connectivity index is 1.54. The third-order valence-corrected chi connectivity index (χ3v) is 4.89. The largest absolute Gasteiger partial charge is 0.410 e.